The van der Waals surface area contributed by atoms with E-state index in [2.05, 4.69) is 0 Å². The van der Waals surface area contributed by atoms with Crippen molar-refractivity contribution in [3.63, 3.8) is 0 Å². The smallest absolute Gasteiger partial charge is 0.159 e. The van der Waals surface area contributed by atoms with E-state index in [0.717, 1.165) is 0 Å². The minimum atomic E-state index is -1.46. The third-order valence-corrected chi connectivity index (χ3v) is 10.5. The lowest BCUT2D eigenvalue weighted by Gasteiger charge is -2.60. The van der Waals surface area contributed by atoms with Gasteiger partial charge in [-0.25, -0.2) is 0 Å². The number of rotatable bonds is 5. The molecule has 0 spiro atoms. The normalized spacial score (nSPS) is 47.2. The predicted molar refractivity (Wildman–Crippen MR) is 127 cm³/mol. The Morgan fingerprint density at radius 1 is 1.06 bits per heavy atom. The van der Waals surface area contributed by atoms with Crippen molar-refractivity contribution >= 4 is 5.78 Å². The van der Waals surface area contributed by atoms with Crippen molar-refractivity contribution in [3.05, 3.63) is 11.6 Å². The molecule has 0 bridgehead atoms. The average Bonchev–Trinajstić information content (AvgIpc) is 3.00. The summed E-state index contributed by atoms with van der Waals surface area (Å²) >= 11 is 0. The lowest BCUT2D eigenvalue weighted by atomic mass is 9.45. The van der Waals surface area contributed by atoms with Crippen molar-refractivity contribution < 1.29 is 35.4 Å². The monoisotopic (exact) mass is 480 g/mol. The molecule has 3 fully saturated rings. The molecule has 0 amide bonds. The minimum absolute atomic E-state index is 0.0840. The molecule has 6 N–H and O–H groups in total. The van der Waals surface area contributed by atoms with E-state index in [-0.39, 0.29) is 36.4 Å². The largest absolute Gasteiger partial charge is 0.390 e. The van der Waals surface area contributed by atoms with Crippen LogP contribution in [0.2, 0.25) is 0 Å². The number of carbonyl (C=O) groups is 1. The standard InChI is InChI=1S/C27H44O7/c1-23(2,32)9-8-22(31)26(5,33)21-7-11-27(34)16-12-18(28)17-13-19(29)20(30)14-24(17,3)15(16)6-10-25(21,27)4/h12,15,17,19-22,29-34H,6-11,13-14H2,1-5H3/t15-,17-,19+,20-,21+,22+,24+,25+,26+,27+/m0/s1. The van der Waals surface area contributed by atoms with Gasteiger partial charge in [-0.3, -0.25) is 4.79 Å². The van der Waals surface area contributed by atoms with Crippen molar-refractivity contribution in [3.8, 4) is 0 Å². The maximum absolute atomic E-state index is 13.2. The van der Waals surface area contributed by atoms with Crippen LogP contribution in [0.4, 0.5) is 0 Å². The molecular formula is C27H44O7. The molecule has 4 rings (SSSR count). The first-order valence-corrected chi connectivity index (χ1v) is 12.9. The molecule has 0 aliphatic heterocycles. The molecule has 4 aliphatic rings. The Hall–Kier alpha value is -0.830. The van der Waals surface area contributed by atoms with E-state index in [1.807, 2.05) is 13.8 Å². The van der Waals surface area contributed by atoms with Gasteiger partial charge in [0.2, 0.25) is 0 Å². The molecule has 3 saturated carbocycles. The highest BCUT2D eigenvalue weighted by molar-refractivity contribution is 5.95. The van der Waals surface area contributed by atoms with Gasteiger partial charge in [0.05, 0.1) is 35.1 Å². The van der Waals surface area contributed by atoms with Crippen LogP contribution in [-0.4, -0.2) is 71.5 Å². The lowest BCUT2D eigenvalue weighted by Crippen LogP contribution is -2.62. The summed E-state index contributed by atoms with van der Waals surface area (Å²) in [5, 5.41) is 65.5. The summed E-state index contributed by atoms with van der Waals surface area (Å²) in [6, 6.07) is 0. The fraction of sp³-hybridized carbons (Fsp3) is 0.889. The minimum Gasteiger partial charge on any atom is -0.390 e. The van der Waals surface area contributed by atoms with Gasteiger partial charge in [0, 0.05) is 11.3 Å². The Morgan fingerprint density at radius 2 is 1.71 bits per heavy atom. The van der Waals surface area contributed by atoms with Crippen LogP contribution >= 0.6 is 0 Å². The molecule has 34 heavy (non-hydrogen) atoms. The molecule has 10 atom stereocenters. The second-order valence-electron chi connectivity index (χ2n) is 13.2. The third kappa shape index (κ3) is 3.73. The van der Waals surface area contributed by atoms with Gasteiger partial charge < -0.3 is 30.6 Å². The number of aliphatic hydroxyl groups is 6. The number of hydrogen-bond donors (Lipinski definition) is 6. The number of aliphatic hydroxyl groups excluding tert-OH is 3. The van der Waals surface area contributed by atoms with Gasteiger partial charge in [0.25, 0.3) is 0 Å². The Kier molecular flexibility index (Phi) is 6.24. The highest BCUT2D eigenvalue weighted by Gasteiger charge is 2.69. The SMILES string of the molecule is CC(C)(O)CC[C@@H](O)[C@](C)(O)[C@@H]1CC[C@@]2(O)C3=CC(=O)[C@@H]4C[C@@H](O)[C@@H](O)C[C@]4(C)[C@H]3CC[C@]12C. The summed E-state index contributed by atoms with van der Waals surface area (Å²) in [7, 11) is 0. The average molecular weight is 481 g/mol. The molecule has 0 unspecified atom stereocenters. The highest BCUT2D eigenvalue weighted by atomic mass is 16.3. The van der Waals surface area contributed by atoms with Crippen LogP contribution in [0.3, 0.4) is 0 Å². The second-order valence-corrected chi connectivity index (χ2v) is 13.2. The molecular weight excluding hydrogens is 436 g/mol. The van der Waals surface area contributed by atoms with Gasteiger partial charge in [-0.05, 0) is 101 Å². The molecule has 4 aliphatic carbocycles. The molecule has 0 aromatic heterocycles. The first-order chi connectivity index (χ1) is 15.5. The van der Waals surface area contributed by atoms with Crippen molar-refractivity contribution in [2.45, 2.75) is 121 Å². The molecule has 0 aromatic carbocycles. The molecule has 194 valence electrons. The first kappa shape index (κ1) is 26.2. The Morgan fingerprint density at radius 3 is 2.32 bits per heavy atom. The van der Waals surface area contributed by atoms with Crippen LogP contribution < -0.4 is 0 Å². The fourth-order valence-electron chi connectivity index (χ4n) is 8.32. The van der Waals surface area contributed by atoms with Gasteiger partial charge in [0.15, 0.2) is 5.78 Å². The van der Waals surface area contributed by atoms with Gasteiger partial charge in [-0.2, -0.15) is 0 Å². The van der Waals surface area contributed by atoms with Crippen LogP contribution in [0.5, 0.6) is 0 Å². The predicted octanol–water partition coefficient (Wildman–Crippen LogP) is 1.85. The third-order valence-electron chi connectivity index (χ3n) is 10.5. The summed E-state index contributed by atoms with van der Waals surface area (Å²) in [6.45, 7) is 8.96. The summed E-state index contributed by atoms with van der Waals surface area (Å²) < 4.78 is 0. The van der Waals surface area contributed by atoms with E-state index in [4.69, 9.17) is 0 Å². The number of hydrogen-bond acceptors (Lipinski definition) is 7. The number of carbonyl (C=O) groups excluding carboxylic acids is 1. The quantitative estimate of drug-likeness (QED) is 0.353. The molecule has 0 heterocycles. The number of fused-ring (bicyclic) bond motifs is 5. The molecule has 0 saturated heterocycles. The van der Waals surface area contributed by atoms with Crippen LogP contribution in [0, 0.1) is 28.6 Å². The Balaban J connectivity index is 1.66. The second kappa shape index (κ2) is 8.09. The summed E-state index contributed by atoms with van der Waals surface area (Å²) in [5.41, 5.74) is -4.27. The van der Waals surface area contributed by atoms with E-state index >= 15 is 0 Å². The van der Waals surface area contributed by atoms with Crippen LogP contribution in [0.15, 0.2) is 11.6 Å². The maximum Gasteiger partial charge on any atom is 0.159 e. The van der Waals surface area contributed by atoms with Crippen molar-refractivity contribution in [1.82, 2.24) is 0 Å². The van der Waals surface area contributed by atoms with E-state index < -0.39 is 45.9 Å². The molecule has 7 heteroatoms. The van der Waals surface area contributed by atoms with E-state index in [0.29, 0.717) is 44.1 Å². The van der Waals surface area contributed by atoms with Crippen LogP contribution in [0.1, 0.15) is 86.0 Å². The zero-order chi connectivity index (χ0) is 25.5. The molecule has 0 aromatic rings. The van der Waals surface area contributed by atoms with Crippen LogP contribution in [-0.2, 0) is 4.79 Å². The number of ketones is 1. The zero-order valence-corrected chi connectivity index (χ0v) is 21.3. The Labute approximate surface area is 202 Å². The zero-order valence-electron chi connectivity index (χ0n) is 21.3. The van der Waals surface area contributed by atoms with Crippen molar-refractivity contribution in [2.24, 2.45) is 28.6 Å². The van der Waals surface area contributed by atoms with Crippen molar-refractivity contribution in [1.29, 1.82) is 0 Å². The van der Waals surface area contributed by atoms with Crippen LogP contribution in [0.25, 0.3) is 0 Å². The maximum atomic E-state index is 13.2. The van der Waals surface area contributed by atoms with Crippen molar-refractivity contribution in [2.75, 3.05) is 0 Å². The summed E-state index contributed by atoms with van der Waals surface area (Å²) in [6.07, 6.45) is 2.11. The first-order valence-electron chi connectivity index (χ1n) is 12.9. The van der Waals surface area contributed by atoms with Gasteiger partial charge >= 0.3 is 0 Å². The van der Waals surface area contributed by atoms with Gasteiger partial charge in [0.1, 0.15) is 0 Å². The van der Waals surface area contributed by atoms with Gasteiger partial charge in [-0.1, -0.05) is 13.8 Å². The summed E-state index contributed by atoms with van der Waals surface area (Å²) in [4.78, 5) is 13.2. The summed E-state index contributed by atoms with van der Waals surface area (Å²) in [5.74, 6) is -0.948. The highest BCUT2D eigenvalue weighted by Crippen LogP contribution is 2.68. The topological polar surface area (TPSA) is 138 Å². The van der Waals surface area contributed by atoms with E-state index in [1.54, 1.807) is 26.8 Å². The molecule has 7 nitrogen and oxygen atoms in total. The van der Waals surface area contributed by atoms with Gasteiger partial charge in [-0.15, -0.1) is 0 Å². The fourth-order valence-corrected chi connectivity index (χ4v) is 8.32. The molecule has 0 radical (unpaired) electrons. The Bertz CT molecular complexity index is 860. The number of allylic oxidation sites excluding steroid dienone is 1. The van der Waals surface area contributed by atoms with E-state index in [1.165, 1.54) is 0 Å². The lowest BCUT2D eigenvalue weighted by molar-refractivity contribution is -0.177. The van der Waals surface area contributed by atoms with E-state index in [9.17, 15) is 35.4 Å².